The van der Waals surface area contributed by atoms with Crippen molar-refractivity contribution < 1.29 is 4.79 Å². The molecule has 4 nitrogen and oxygen atoms in total. The second-order valence-electron chi connectivity index (χ2n) is 3.22. The Morgan fingerprint density at radius 3 is 2.88 bits per heavy atom. The maximum absolute atomic E-state index is 11.4. The number of nitrogens with one attached hydrogen (secondary N) is 1. The lowest BCUT2D eigenvalue weighted by Gasteiger charge is -1.96. The van der Waals surface area contributed by atoms with Crippen LogP contribution in [0.2, 0.25) is 0 Å². The summed E-state index contributed by atoms with van der Waals surface area (Å²) in [5, 5.41) is 0.590. The molecular formula is C12H8N2O2. The zero-order valence-corrected chi connectivity index (χ0v) is 8.28. The zero-order valence-electron chi connectivity index (χ0n) is 8.28. The van der Waals surface area contributed by atoms with Crippen LogP contribution in [0.15, 0.2) is 35.3 Å². The highest BCUT2D eigenvalue weighted by Crippen LogP contribution is 2.08. The number of benzene rings is 1. The first-order valence-corrected chi connectivity index (χ1v) is 4.60. The Morgan fingerprint density at radius 1 is 1.31 bits per heavy atom. The standard InChI is InChI=1S/C12H8N2O2/c13-12(16)4-2-8-1-3-9-10(7-8)14-6-5-11(9)15/h1,3,5-7H,(H2,13,16)(H,14,15). The van der Waals surface area contributed by atoms with Gasteiger partial charge in [-0.15, -0.1) is 0 Å². The maximum atomic E-state index is 11.4. The van der Waals surface area contributed by atoms with Gasteiger partial charge in [-0.05, 0) is 24.1 Å². The van der Waals surface area contributed by atoms with Gasteiger partial charge in [-0.25, -0.2) is 0 Å². The summed E-state index contributed by atoms with van der Waals surface area (Å²) in [6.45, 7) is 0. The van der Waals surface area contributed by atoms with E-state index in [1.807, 2.05) is 0 Å². The molecule has 0 aliphatic carbocycles. The van der Waals surface area contributed by atoms with E-state index >= 15 is 0 Å². The quantitative estimate of drug-likeness (QED) is 0.619. The molecule has 2 rings (SSSR count). The topological polar surface area (TPSA) is 76.0 Å². The fourth-order valence-electron chi connectivity index (χ4n) is 1.39. The lowest BCUT2D eigenvalue weighted by atomic mass is 10.1. The molecule has 0 aliphatic rings. The minimum atomic E-state index is -0.679. The first kappa shape index (κ1) is 9.99. The van der Waals surface area contributed by atoms with Gasteiger partial charge in [0.1, 0.15) is 0 Å². The van der Waals surface area contributed by atoms with E-state index in [2.05, 4.69) is 16.8 Å². The smallest absolute Gasteiger partial charge is 0.293 e. The second kappa shape index (κ2) is 3.91. The lowest BCUT2D eigenvalue weighted by Crippen LogP contribution is -2.06. The summed E-state index contributed by atoms with van der Waals surface area (Å²) in [6, 6.07) is 6.50. The van der Waals surface area contributed by atoms with Gasteiger partial charge in [-0.1, -0.05) is 5.92 Å². The van der Waals surface area contributed by atoms with Crippen molar-refractivity contribution in [3.63, 3.8) is 0 Å². The van der Waals surface area contributed by atoms with Crippen LogP contribution in [-0.2, 0) is 4.79 Å². The average molecular weight is 212 g/mol. The summed E-state index contributed by atoms with van der Waals surface area (Å²) in [7, 11) is 0. The van der Waals surface area contributed by atoms with E-state index < -0.39 is 5.91 Å². The number of nitrogens with two attached hydrogens (primary N) is 1. The van der Waals surface area contributed by atoms with Crippen LogP contribution in [0.25, 0.3) is 10.9 Å². The molecule has 0 atom stereocenters. The van der Waals surface area contributed by atoms with Crippen LogP contribution in [0, 0.1) is 11.8 Å². The Labute approximate surface area is 91.1 Å². The number of hydrogen-bond acceptors (Lipinski definition) is 2. The van der Waals surface area contributed by atoms with E-state index in [0.717, 1.165) is 0 Å². The Morgan fingerprint density at radius 2 is 2.12 bits per heavy atom. The highest BCUT2D eigenvalue weighted by atomic mass is 16.1. The number of H-pyrrole nitrogens is 1. The number of rotatable bonds is 0. The van der Waals surface area contributed by atoms with Gasteiger partial charge in [0.15, 0.2) is 5.43 Å². The van der Waals surface area contributed by atoms with Crippen LogP contribution in [0.1, 0.15) is 5.56 Å². The van der Waals surface area contributed by atoms with Crippen LogP contribution >= 0.6 is 0 Å². The van der Waals surface area contributed by atoms with E-state index in [1.54, 1.807) is 24.4 Å². The van der Waals surface area contributed by atoms with E-state index in [4.69, 9.17) is 5.73 Å². The first-order valence-electron chi connectivity index (χ1n) is 4.60. The van der Waals surface area contributed by atoms with Gasteiger partial charge >= 0.3 is 0 Å². The number of fused-ring (bicyclic) bond motifs is 1. The molecule has 0 bridgehead atoms. The number of primary amides is 1. The fraction of sp³-hybridized carbons (Fsp3) is 0. The predicted molar refractivity (Wildman–Crippen MR) is 60.6 cm³/mol. The summed E-state index contributed by atoms with van der Waals surface area (Å²) in [5.74, 6) is 4.17. The number of carbonyl (C=O) groups excluding carboxylic acids is 1. The highest BCUT2D eigenvalue weighted by molar-refractivity contribution is 5.92. The van der Waals surface area contributed by atoms with Crippen LogP contribution < -0.4 is 11.2 Å². The molecule has 0 aliphatic heterocycles. The number of hydrogen-bond donors (Lipinski definition) is 2. The third kappa shape index (κ3) is 1.93. The largest absolute Gasteiger partial charge is 0.361 e. The number of carbonyl (C=O) groups is 1. The average Bonchev–Trinajstić information content (AvgIpc) is 2.26. The Hall–Kier alpha value is -2.54. The third-order valence-electron chi connectivity index (χ3n) is 2.09. The second-order valence-corrected chi connectivity index (χ2v) is 3.22. The van der Waals surface area contributed by atoms with Crippen LogP contribution in [0.3, 0.4) is 0 Å². The number of aromatic nitrogens is 1. The molecule has 78 valence electrons. The van der Waals surface area contributed by atoms with E-state index in [0.29, 0.717) is 16.5 Å². The van der Waals surface area contributed by atoms with Crippen LogP contribution in [0.5, 0.6) is 0 Å². The van der Waals surface area contributed by atoms with E-state index in [1.165, 1.54) is 6.07 Å². The maximum Gasteiger partial charge on any atom is 0.293 e. The van der Waals surface area contributed by atoms with Gasteiger partial charge in [-0.2, -0.15) is 0 Å². The van der Waals surface area contributed by atoms with Gasteiger partial charge in [0.2, 0.25) is 0 Å². The van der Waals surface area contributed by atoms with Crippen molar-refractivity contribution in [1.29, 1.82) is 0 Å². The Bertz CT molecular complexity index is 674. The Balaban J connectivity index is 2.59. The van der Waals surface area contributed by atoms with Gasteiger partial charge in [0.05, 0.1) is 5.52 Å². The molecule has 0 saturated carbocycles. The molecule has 0 unspecified atom stereocenters. The molecular weight excluding hydrogens is 204 g/mol. The highest BCUT2D eigenvalue weighted by Gasteiger charge is 1.97. The molecule has 1 aromatic heterocycles. The van der Waals surface area contributed by atoms with Gasteiger partial charge < -0.3 is 10.7 Å². The van der Waals surface area contributed by atoms with E-state index in [-0.39, 0.29) is 5.43 Å². The van der Waals surface area contributed by atoms with Crippen LogP contribution in [0.4, 0.5) is 0 Å². The molecule has 4 heteroatoms. The molecule has 0 spiro atoms. The van der Waals surface area contributed by atoms with Crippen molar-refractivity contribution in [3.8, 4) is 11.8 Å². The van der Waals surface area contributed by atoms with Gasteiger partial charge in [0.25, 0.3) is 5.91 Å². The Kier molecular flexibility index (Phi) is 2.44. The molecule has 1 heterocycles. The number of amides is 1. The molecule has 3 N–H and O–H groups in total. The summed E-state index contributed by atoms with van der Waals surface area (Å²) >= 11 is 0. The molecule has 1 aromatic carbocycles. The monoisotopic (exact) mass is 212 g/mol. The van der Waals surface area contributed by atoms with Crippen molar-refractivity contribution in [3.05, 3.63) is 46.2 Å². The van der Waals surface area contributed by atoms with Crippen molar-refractivity contribution in [2.24, 2.45) is 5.73 Å². The zero-order chi connectivity index (χ0) is 11.5. The lowest BCUT2D eigenvalue weighted by molar-refractivity contribution is -0.112. The van der Waals surface area contributed by atoms with Gasteiger partial charge in [-0.3, -0.25) is 9.59 Å². The number of aromatic amines is 1. The summed E-state index contributed by atoms with van der Waals surface area (Å²) in [6.07, 6.45) is 1.57. The molecule has 16 heavy (non-hydrogen) atoms. The van der Waals surface area contributed by atoms with Gasteiger partial charge in [0, 0.05) is 23.2 Å². The summed E-state index contributed by atoms with van der Waals surface area (Å²) in [5.41, 5.74) is 6.17. The SMILES string of the molecule is NC(=O)C#Cc1ccc2c(=O)cc[nH]c2c1. The predicted octanol–water partition coefficient (Wildman–Crippen LogP) is 0.365. The first-order chi connectivity index (χ1) is 7.66. The third-order valence-corrected chi connectivity index (χ3v) is 2.09. The molecule has 0 fully saturated rings. The normalized spacial score (nSPS) is 9.50. The van der Waals surface area contributed by atoms with Crippen molar-refractivity contribution in [1.82, 2.24) is 4.98 Å². The summed E-state index contributed by atoms with van der Waals surface area (Å²) in [4.78, 5) is 24.8. The number of pyridine rings is 1. The minimum Gasteiger partial charge on any atom is -0.361 e. The van der Waals surface area contributed by atoms with E-state index in [9.17, 15) is 9.59 Å². The van der Waals surface area contributed by atoms with Crippen molar-refractivity contribution >= 4 is 16.8 Å². The minimum absolute atomic E-state index is 0.0526. The fourth-order valence-corrected chi connectivity index (χ4v) is 1.39. The van der Waals surface area contributed by atoms with Crippen molar-refractivity contribution in [2.75, 3.05) is 0 Å². The summed E-state index contributed by atoms with van der Waals surface area (Å²) < 4.78 is 0. The molecule has 1 amide bonds. The van der Waals surface area contributed by atoms with Crippen molar-refractivity contribution in [2.45, 2.75) is 0 Å². The molecule has 2 aromatic rings. The molecule has 0 radical (unpaired) electrons. The van der Waals surface area contributed by atoms with Crippen LogP contribution in [-0.4, -0.2) is 10.9 Å². The molecule has 0 saturated heterocycles.